The molecule has 0 saturated heterocycles. The van der Waals surface area contributed by atoms with Crippen LogP contribution in [-0.2, 0) is 24.8 Å². The first kappa shape index (κ1) is 36.7. The van der Waals surface area contributed by atoms with Gasteiger partial charge >= 0.3 is 0 Å². The van der Waals surface area contributed by atoms with Crippen LogP contribution in [0.1, 0.15) is 36.1 Å². The molecule has 3 amide bonds. The van der Waals surface area contributed by atoms with E-state index in [0.29, 0.717) is 5.56 Å². The van der Waals surface area contributed by atoms with E-state index in [4.69, 9.17) is 21.4 Å². The van der Waals surface area contributed by atoms with Gasteiger partial charge < -0.3 is 47.8 Å². The molecule has 0 aliphatic heterocycles. The number of carbonyl (C=O) groups excluding carboxylic acids is 5. The molecule has 3 aliphatic carbocycles. The molecule has 0 spiro atoms. The van der Waals surface area contributed by atoms with E-state index in [0.717, 1.165) is 0 Å². The second-order valence-corrected chi connectivity index (χ2v) is 12.0. The number of aromatic hydroxyl groups is 1. The predicted octanol–water partition coefficient (Wildman–Crippen LogP) is -0.171. The van der Waals surface area contributed by atoms with Gasteiger partial charge in [0.25, 0.3) is 17.1 Å². The highest BCUT2D eigenvalue weighted by Crippen LogP contribution is 2.57. The molecule has 252 valence electrons. The topological polar surface area (TPSA) is 288 Å². The zero-order valence-corrected chi connectivity index (χ0v) is 26.4. The molecule has 1 unspecified atom stereocenters. The maximum atomic E-state index is 13.7. The highest BCUT2D eigenvalue weighted by molar-refractivity contribution is 7.96. The summed E-state index contributed by atoms with van der Waals surface area (Å²) in [6, 6.07) is 11.6. The van der Waals surface area contributed by atoms with Crippen LogP contribution in [0.4, 0.5) is 4.79 Å². The fraction of sp³-hybridized carbons (Fsp3) is 0.323. The summed E-state index contributed by atoms with van der Waals surface area (Å²) in [5, 5.41) is 63.4. The number of hydrogen-bond acceptors (Lipinski definition) is 12. The molecule has 0 radical (unpaired) electrons. The molecule has 15 nitrogen and oxygen atoms in total. The van der Waals surface area contributed by atoms with Gasteiger partial charge in [-0.15, -0.1) is 0 Å². The van der Waals surface area contributed by atoms with E-state index < -0.39 is 92.2 Å². The third kappa shape index (κ3) is 6.45. The van der Waals surface area contributed by atoms with Crippen molar-refractivity contribution in [3.05, 3.63) is 82.1 Å². The molecule has 47 heavy (non-hydrogen) atoms. The van der Waals surface area contributed by atoms with Crippen molar-refractivity contribution in [3.8, 4) is 5.75 Å². The van der Waals surface area contributed by atoms with Crippen molar-refractivity contribution in [2.45, 2.75) is 36.7 Å². The largest absolute Gasteiger partial charge is 0.508 e. The summed E-state index contributed by atoms with van der Waals surface area (Å²) in [6.07, 6.45) is -1.38. The Balaban J connectivity index is 0.000000332. The van der Waals surface area contributed by atoms with E-state index in [-0.39, 0.29) is 17.5 Å². The van der Waals surface area contributed by atoms with Crippen LogP contribution >= 0.6 is 12.6 Å². The van der Waals surface area contributed by atoms with Gasteiger partial charge in [-0.05, 0) is 44.6 Å². The number of hydrogen-bond donors (Lipinski definition) is 10. The van der Waals surface area contributed by atoms with Gasteiger partial charge in [0.2, 0.25) is 5.78 Å². The number of Topliss-reactive ketones (excluding diaryl/α,β-unsaturated/α-hetero) is 2. The SMILES string of the molecule is CN(C)[C@@H]1C(=O)C(C(N)=O)=C(O)[C@@]2(O)C(=O)C3=C(O)c4c(O)cccc4[C@@](C)(O)[C@H]3C[C@@H]12.NC(=O)C(O)c1ccccc1.NC(=O)S. The minimum absolute atomic E-state index is 0.170. The Morgan fingerprint density at radius 2 is 1.51 bits per heavy atom. The Morgan fingerprint density at radius 3 is 2.00 bits per heavy atom. The summed E-state index contributed by atoms with van der Waals surface area (Å²) in [4.78, 5) is 59.6. The number of likely N-dealkylation sites (N-methyl/N-ethyl adjacent to an activating group) is 1. The van der Waals surface area contributed by atoms with Crippen LogP contribution in [0, 0.1) is 11.8 Å². The molecule has 16 heteroatoms. The molecule has 1 fully saturated rings. The molecular formula is C31H36N4O11S. The first-order valence-electron chi connectivity index (χ1n) is 13.9. The molecule has 0 heterocycles. The number of ketones is 2. The minimum atomic E-state index is -2.75. The Kier molecular flexibility index (Phi) is 10.6. The number of benzene rings is 2. The predicted molar refractivity (Wildman–Crippen MR) is 169 cm³/mol. The van der Waals surface area contributed by atoms with Crippen LogP contribution in [0.5, 0.6) is 5.75 Å². The maximum absolute atomic E-state index is 13.7. The van der Waals surface area contributed by atoms with Crippen molar-refractivity contribution in [2.24, 2.45) is 29.0 Å². The smallest absolute Gasteiger partial charge is 0.273 e. The van der Waals surface area contributed by atoms with Crippen LogP contribution in [0.15, 0.2) is 65.4 Å². The number of nitrogens with zero attached hydrogens (tertiary/aromatic N) is 1. The second kappa shape index (κ2) is 13.5. The van der Waals surface area contributed by atoms with Crippen molar-refractivity contribution in [1.29, 1.82) is 0 Å². The molecule has 6 atom stereocenters. The fourth-order valence-electron chi connectivity index (χ4n) is 6.30. The Hall–Kier alpha value is -4.74. The maximum Gasteiger partial charge on any atom is 0.273 e. The van der Waals surface area contributed by atoms with Gasteiger partial charge in [-0.1, -0.05) is 55.1 Å². The highest BCUT2D eigenvalue weighted by atomic mass is 32.1. The van der Waals surface area contributed by atoms with Crippen molar-refractivity contribution < 1.29 is 54.6 Å². The molecular weight excluding hydrogens is 636 g/mol. The average molecular weight is 673 g/mol. The Labute approximate surface area is 274 Å². The summed E-state index contributed by atoms with van der Waals surface area (Å²) < 4.78 is 0. The van der Waals surface area contributed by atoms with Gasteiger partial charge in [-0.3, -0.25) is 28.9 Å². The van der Waals surface area contributed by atoms with Crippen molar-refractivity contribution >= 4 is 47.0 Å². The van der Waals surface area contributed by atoms with Gasteiger partial charge in [0.1, 0.15) is 22.8 Å². The molecule has 3 aliphatic rings. The lowest BCUT2D eigenvalue weighted by molar-refractivity contribution is -0.159. The Morgan fingerprint density at radius 1 is 0.957 bits per heavy atom. The summed E-state index contributed by atoms with van der Waals surface area (Å²) in [7, 11) is 3.01. The summed E-state index contributed by atoms with van der Waals surface area (Å²) in [6.45, 7) is 1.40. The van der Waals surface area contributed by atoms with Crippen LogP contribution in [-0.4, -0.2) is 89.9 Å². The first-order valence-corrected chi connectivity index (χ1v) is 14.4. The number of nitrogens with two attached hydrogens (primary N) is 3. The summed E-state index contributed by atoms with van der Waals surface area (Å²) >= 11 is 3.10. The zero-order valence-electron chi connectivity index (χ0n) is 25.5. The van der Waals surface area contributed by atoms with E-state index in [1.807, 2.05) is 0 Å². The number of amides is 3. The normalized spacial score (nSPS) is 26.9. The highest BCUT2D eigenvalue weighted by Gasteiger charge is 2.66. The van der Waals surface area contributed by atoms with Crippen molar-refractivity contribution in [1.82, 2.24) is 4.90 Å². The molecule has 5 rings (SSSR count). The van der Waals surface area contributed by atoms with Crippen LogP contribution in [0.2, 0.25) is 0 Å². The molecule has 2 aromatic carbocycles. The van der Waals surface area contributed by atoms with Crippen LogP contribution in [0.3, 0.4) is 0 Å². The van der Waals surface area contributed by atoms with Gasteiger partial charge in [-0.25, -0.2) is 0 Å². The van der Waals surface area contributed by atoms with E-state index in [1.54, 1.807) is 30.3 Å². The summed E-state index contributed by atoms with van der Waals surface area (Å²) in [5.74, 6) is -8.62. The lowest BCUT2D eigenvalue weighted by atomic mass is 9.54. The third-order valence-electron chi connectivity index (χ3n) is 8.41. The molecule has 1 saturated carbocycles. The quantitative estimate of drug-likeness (QED) is 0.150. The van der Waals surface area contributed by atoms with Crippen LogP contribution < -0.4 is 17.2 Å². The van der Waals surface area contributed by atoms with E-state index in [1.165, 1.54) is 44.1 Å². The van der Waals surface area contributed by atoms with E-state index in [9.17, 15) is 44.7 Å². The first-order chi connectivity index (χ1) is 21.7. The number of thiol groups is 1. The lowest BCUT2D eigenvalue weighted by Gasteiger charge is -2.53. The monoisotopic (exact) mass is 672 g/mol. The number of fused-ring (bicyclic) bond motifs is 3. The third-order valence-corrected chi connectivity index (χ3v) is 8.41. The molecule has 0 bridgehead atoms. The number of primary amides is 3. The van der Waals surface area contributed by atoms with E-state index in [2.05, 4.69) is 18.4 Å². The lowest BCUT2D eigenvalue weighted by Crippen LogP contribution is -2.67. The number of rotatable bonds is 4. The van der Waals surface area contributed by atoms with Gasteiger partial charge in [0.15, 0.2) is 17.5 Å². The average Bonchev–Trinajstić information content (AvgIpc) is 2.97. The van der Waals surface area contributed by atoms with Gasteiger partial charge in [-0.2, -0.15) is 0 Å². The van der Waals surface area contributed by atoms with Crippen molar-refractivity contribution in [3.63, 3.8) is 0 Å². The molecule has 2 aromatic rings. The number of aliphatic hydroxyl groups excluding tert-OH is 3. The summed E-state index contributed by atoms with van der Waals surface area (Å²) in [5.41, 5.74) is 9.20. The zero-order chi connectivity index (χ0) is 35.8. The number of phenols is 1. The van der Waals surface area contributed by atoms with E-state index >= 15 is 0 Å². The second-order valence-electron chi connectivity index (χ2n) is 11.5. The number of phenolic OH excluding ortho intramolecular Hbond substituents is 1. The molecule has 0 aromatic heterocycles. The minimum Gasteiger partial charge on any atom is -0.508 e. The van der Waals surface area contributed by atoms with Gasteiger partial charge in [0.05, 0.1) is 17.2 Å². The number of carbonyl (C=O) groups is 5. The standard InChI is InChI=1S/C22H24N2O8.C8H9NO2.CH3NOS/c1-21(31)8-5-4-6-11(25)12(8)16(26)13-9(21)7-10-15(24(2)3)17(27)14(20(23)30)19(29)22(10,32)18(13)28;9-8(11)7(10)6-4-2-1-3-5-6;2-1(3)4/h4-6,9-10,15,25-26,29,31-32H,7H2,1-3H3,(H2,23,30);1-5,7,10H,(H2,9,11);(H3,2,3,4)/t9-,10-,15-,21+,22-;;/m0../s1. The number of aliphatic hydroxyl groups is 5. The van der Waals surface area contributed by atoms with Crippen LogP contribution in [0.25, 0.3) is 5.76 Å². The molecule has 12 N–H and O–H groups in total. The van der Waals surface area contributed by atoms with Crippen molar-refractivity contribution in [2.75, 3.05) is 14.1 Å². The Bertz CT molecular complexity index is 1690. The fourth-order valence-corrected chi connectivity index (χ4v) is 6.30. The van der Waals surface area contributed by atoms with Gasteiger partial charge in [0, 0.05) is 17.4 Å².